The first-order valence-electron chi connectivity index (χ1n) is 6.63. The number of aromatic nitrogens is 3. The molecule has 102 valence electrons. The van der Waals surface area contributed by atoms with Gasteiger partial charge in [0.25, 0.3) is 5.56 Å². The zero-order valence-corrected chi connectivity index (χ0v) is 10.9. The lowest BCUT2D eigenvalue weighted by Gasteiger charge is -2.14. The van der Waals surface area contributed by atoms with Crippen molar-refractivity contribution >= 4 is 11.0 Å². The number of nitrogens with one attached hydrogen (secondary N) is 2. The maximum atomic E-state index is 11.6. The van der Waals surface area contributed by atoms with Gasteiger partial charge in [0.1, 0.15) is 5.52 Å². The second kappa shape index (κ2) is 4.79. The molecule has 2 aromatic rings. The van der Waals surface area contributed by atoms with Gasteiger partial charge in [-0.1, -0.05) is 6.92 Å². The molecule has 3 heterocycles. The number of aliphatic hydroxyl groups excluding tert-OH is 1. The largest absolute Gasteiger partial charge is 0.391 e. The van der Waals surface area contributed by atoms with Crippen molar-refractivity contribution in [3.63, 3.8) is 0 Å². The third-order valence-electron chi connectivity index (χ3n) is 3.95. The van der Waals surface area contributed by atoms with E-state index in [0.29, 0.717) is 24.5 Å². The maximum Gasteiger partial charge on any atom is 0.275 e. The van der Waals surface area contributed by atoms with Crippen molar-refractivity contribution < 1.29 is 5.11 Å². The molecule has 2 atom stereocenters. The fourth-order valence-electron chi connectivity index (χ4n) is 2.84. The summed E-state index contributed by atoms with van der Waals surface area (Å²) in [5.74, 6) is 0.349. The first-order valence-corrected chi connectivity index (χ1v) is 6.63. The van der Waals surface area contributed by atoms with Crippen LogP contribution in [0.15, 0.2) is 17.3 Å². The molecule has 6 nitrogen and oxygen atoms in total. The summed E-state index contributed by atoms with van der Waals surface area (Å²) < 4.78 is 0. The monoisotopic (exact) mass is 262 g/mol. The number of fused-ring (bicyclic) bond motifs is 1. The summed E-state index contributed by atoms with van der Waals surface area (Å²) in [4.78, 5) is 23.6. The minimum absolute atomic E-state index is 0.149. The third kappa shape index (κ3) is 2.17. The van der Waals surface area contributed by atoms with Crippen molar-refractivity contribution in [3.05, 3.63) is 28.4 Å². The zero-order valence-electron chi connectivity index (χ0n) is 10.9. The van der Waals surface area contributed by atoms with Crippen LogP contribution >= 0.6 is 0 Å². The molecule has 19 heavy (non-hydrogen) atoms. The highest BCUT2D eigenvalue weighted by Gasteiger charge is 2.30. The number of nitrogens with zero attached hydrogens (tertiary/aromatic N) is 2. The minimum Gasteiger partial charge on any atom is -0.391 e. The summed E-state index contributed by atoms with van der Waals surface area (Å²) in [7, 11) is 0. The molecule has 3 rings (SSSR count). The van der Waals surface area contributed by atoms with E-state index in [1.165, 1.54) is 6.33 Å². The number of rotatable bonds is 3. The normalized spacial score (nSPS) is 24.3. The average Bonchev–Trinajstić information content (AvgIpc) is 2.95. The topological polar surface area (TPSA) is 85.0 Å². The molecule has 2 unspecified atom stereocenters. The lowest BCUT2D eigenvalue weighted by Crippen LogP contribution is -2.21. The van der Waals surface area contributed by atoms with E-state index in [4.69, 9.17) is 0 Å². The second-order valence-electron chi connectivity index (χ2n) is 5.20. The Labute approximate surface area is 110 Å². The molecule has 0 spiro atoms. The molecule has 0 bridgehead atoms. The Morgan fingerprint density at radius 3 is 3.05 bits per heavy atom. The van der Waals surface area contributed by atoms with E-state index in [9.17, 15) is 9.90 Å². The Morgan fingerprint density at radius 1 is 1.47 bits per heavy atom. The Bertz CT molecular complexity index is 633. The maximum absolute atomic E-state index is 11.6. The number of hydrogen-bond acceptors (Lipinski definition) is 4. The molecule has 0 saturated carbocycles. The van der Waals surface area contributed by atoms with E-state index in [1.54, 1.807) is 0 Å². The molecule has 0 aliphatic carbocycles. The van der Waals surface area contributed by atoms with Gasteiger partial charge in [0.15, 0.2) is 0 Å². The SMILES string of the molecule is CCC1CN(Cc2c[nH]c3c(=O)[nH]cnc23)CC1O. The van der Waals surface area contributed by atoms with Crippen LogP contribution in [0, 0.1) is 5.92 Å². The van der Waals surface area contributed by atoms with Crippen LogP contribution in [0.5, 0.6) is 0 Å². The van der Waals surface area contributed by atoms with E-state index >= 15 is 0 Å². The van der Waals surface area contributed by atoms with Gasteiger partial charge in [0.2, 0.25) is 0 Å². The summed E-state index contributed by atoms with van der Waals surface area (Å²) in [6.07, 6.45) is 4.00. The molecule has 1 aliphatic heterocycles. The highest BCUT2D eigenvalue weighted by molar-refractivity contribution is 5.77. The van der Waals surface area contributed by atoms with E-state index in [-0.39, 0.29) is 11.7 Å². The van der Waals surface area contributed by atoms with Gasteiger partial charge in [-0.25, -0.2) is 4.98 Å². The molecule has 3 N–H and O–H groups in total. The van der Waals surface area contributed by atoms with Crippen LogP contribution in [-0.2, 0) is 6.54 Å². The highest BCUT2D eigenvalue weighted by Crippen LogP contribution is 2.23. The first kappa shape index (κ1) is 12.4. The van der Waals surface area contributed by atoms with Gasteiger partial charge in [-0.05, 0) is 12.3 Å². The smallest absolute Gasteiger partial charge is 0.275 e. The number of likely N-dealkylation sites (tertiary alicyclic amines) is 1. The lowest BCUT2D eigenvalue weighted by atomic mass is 10.0. The van der Waals surface area contributed by atoms with E-state index < -0.39 is 0 Å². The molecule has 0 radical (unpaired) electrons. The van der Waals surface area contributed by atoms with Crippen molar-refractivity contribution in [2.24, 2.45) is 5.92 Å². The summed E-state index contributed by atoms with van der Waals surface area (Å²) in [6, 6.07) is 0. The first-order chi connectivity index (χ1) is 9.19. The zero-order chi connectivity index (χ0) is 13.4. The quantitative estimate of drug-likeness (QED) is 0.750. The van der Waals surface area contributed by atoms with Crippen LogP contribution in [0.25, 0.3) is 11.0 Å². The van der Waals surface area contributed by atoms with Crippen molar-refractivity contribution in [3.8, 4) is 0 Å². The van der Waals surface area contributed by atoms with E-state index in [0.717, 1.165) is 24.0 Å². The minimum atomic E-state index is -0.244. The molecular weight excluding hydrogens is 244 g/mol. The van der Waals surface area contributed by atoms with Crippen LogP contribution in [0.1, 0.15) is 18.9 Å². The van der Waals surface area contributed by atoms with Gasteiger partial charge in [-0.3, -0.25) is 9.69 Å². The number of β-amino-alcohol motifs (C(OH)–C–C–N with tert-alkyl or cyclic N) is 1. The molecule has 1 aliphatic rings. The van der Waals surface area contributed by atoms with Crippen LogP contribution in [0.4, 0.5) is 0 Å². The van der Waals surface area contributed by atoms with Crippen LogP contribution < -0.4 is 5.56 Å². The molecule has 2 aromatic heterocycles. The van der Waals surface area contributed by atoms with Gasteiger partial charge in [0, 0.05) is 31.4 Å². The number of aromatic amines is 2. The van der Waals surface area contributed by atoms with Crippen molar-refractivity contribution in [1.82, 2.24) is 19.9 Å². The fraction of sp³-hybridized carbons (Fsp3) is 0.538. The molecule has 1 fully saturated rings. The Kier molecular flexibility index (Phi) is 3.12. The van der Waals surface area contributed by atoms with Crippen molar-refractivity contribution in [2.75, 3.05) is 13.1 Å². The van der Waals surface area contributed by atoms with Gasteiger partial charge in [-0.2, -0.15) is 0 Å². The standard InChI is InChI=1S/C13H18N4O2/c1-2-8-4-17(6-10(8)18)5-9-3-14-12-11(9)15-7-16-13(12)19/h3,7-8,10,14,18H,2,4-6H2,1H3,(H,15,16,19). The predicted octanol–water partition coefficient (Wildman–Crippen LogP) is 0.454. The number of H-pyrrole nitrogens is 2. The van der Waals surface area contributed by atoms with E-state index in [1.807, 2.05) is 6.20 Å². The molecule has 0 aromatic carbocycles. The van der Waals surface area contributed by atoms with Gasteiger partial charge in [-0.15, -0.1) is 0 Å². The average molecular weight is 262 g/mol. The Balaban J connectivity index is 1.83. The lowest BCUT2D eigenvalue weighted by molar-refractivity contribution is 0.139. The molecule has 6 heteroatoms. The second-order valence-corrected chi connectivity index (χ2v) is 5.20. The summed E-state index contributed by atoms with van der Waals surface area (Å²) in [5.41, 5.74) is 2.09. The van der Waals surface area contributed by atoms with Gasteiger partial charge < -0.3 is 15.1 Å². The Morgan fingerprint density at radius 2 is 2.32 bits per heavy atom. The van der Waals surface area contributed by atoms with Gasteiger partial charge >= 0.3 is 0 Å². The van der Waals surface area contributed by atoms with Crippen LogP contribution in [0.2, 0.25) is 0 Å². The number of aliphatic hydroxyl groups is 1. The van der Waals surface area contributed by atoms with Gasteiger partial charge in [0.05, 0.1) is 17.9 Å². The third-order valence-corrected chi connectivity index (χ3v) is 3.95. The summed E-state index contributed by atoms with van der Waals surface area (Å²) in [6.45, 7) is 4.40. The van der Waals surface area contributed by atoms with Crippen LogP contribution in [0.3, 0.4) is 0 Å². The summed E-state index contributed by atoms with van der Waals surface area (Å²) >= 11 is 0. The predicted molar refractivity (Wildman–Crippen MR) is 71.8 cm³/mol. The highest BCUT2D eigenvalue weighted by atomic mass is 16.3. The molecular formula is C13H18N4O2. The summed E-state index contributed by atoms with van der Waals surface area (Å²) in [5, 5.41) is 9.93. The van der Waals surface area contributed by atoms with Crippen molar-refractivity contribution in [1.29, 1.82) is 0 Å². The van der Waals surface area contributed by atoms with Crippen LogP contribution in [-0.4, -0.2) is 44.2 Å². The molecule has 0 amide bonds. The fourth-order valence-corrected chi connectivity index (χ4v) is 2.84. The van der Waals surface area contributed by atoms with E-state index in [2.05, 4.69) is 26.8 Å². The number of hydrogen-bond donors (Lipinski definition) is 3. The Hall–Kier alpha value is -1.66. The molecule has 1 saturated heterocycles. The van der Waals surface area contributed by atoms with Crippen molar-refractivity contribution in [2.45, 2.75) is 26.0 Å².